The molecule has 5 rings (SSSR count). The molecule has 1 amide bonds. The molecular weight excluding hydrogens is 511 g/mol. The van der Waals surface area contributed by atoms with Crippen molar-refractivity contribution in [1.29, 1.82) is 0 Å². The van der Waals surface area contributed by atoms with Gasteiger partial charge in [0.15, 0.2) is 16.7 Å². The molecule has 0 spiro atoms. The summed E-state index contributed by atoms with van der Waals surface area (Å²) in [7, 11) is 1.56. The van der Waals surface area contributed by atoms with Crippen molar-refractivity contribution in [2.45, 2.75) is 19.7 Å². The van der Waals surface area contributed by atoms with Gasteiger partial charge in [0.05, 0.1) is 25.1 Å². The van der Waals surface area contributed by atoms with Crippen molar-refractivity contribution in [2.24, 2.45) is 4.99 Å². The van der Waals surface area contributed by atoms with Crippen LogP contribution < -0.4 is 9.47 Å². The molecule has 4 aromatic carbocycles. The van der Waals surface area contributed by atoms with Gasteiger partial charge in [-0.1, -0.05) is 78.9 Å². The molecule has 0 radical (unpaired) electrons. The molecule has 0 N–H and O–H groups in total. The van der Waals surface area contributed by atoms with Crippen molar-refractivity contribution in [3.8, 4) is 11.5 Å². The van der Waals surface area contributed by atoms with Crippen LogP contribution in [0.4, 0.5) is 4.39 Å². The summed E-state index contributed by atoms with van der Waals surface area (Å²) in [6.07, 6.45) is 1.84. The number of aliphatic imine (C=N–C) groups is 1. The Morgan fingerprint density at radius 1 is 0.846 bits per heavy atom. The van der Waals surface area contributed by atoms with E-state index in [1.54, 1.807) is 30.2 Å². The van der Waals surface area contributed by atoms with Crippen molar-refractivity contribution >= 4 is 28.9 Å². The first kappa shape index (κ1) is 26.3. The Balaban J connectivity index is 1.37. The molecule has 1 aliphatic rings. The van der Waals surface area contributed by atoms with Crippen molar-refractivity contribution in [3.05, 3.63) is 136 Å². The maximum atomic E-state index is 13.5. The van der Waals surface area contributed by atoms with Crippen LogP contribution in [0, 0.1) is 5.82 Å². The van der Waals surface area contributed by atoms with E-state index in [2.05, 4.69) is 0 Å². The normalized spacial score (nSPS) is 15.2. The standard InChI is InChI=1S/C32H27FN2O3S/c1-37-29-18-25(15-16-28(29)38-22-26-13-8-14-27(33)17-26)19-30-31(36)35(21-24-11-6-3-7-12-24)32(39-30)34-20-23-9-4-2-5-10-23/h2-19H,20-22H2,1H3/b30-19+,34-32?. The number of methoxy groups -OCH3 is 1. The van der Waals surface area contributed by atoms with E-state index in [0.717, 1.165) is 22.3 Å². The number of hydrogen-bond acceptors (Lipinski definition) is 5. The second-order valence-electron chi connectivity index (χ2n) is 8.90. The van der Waals surface area contributed by atoms with Gasteiger partial charge in [-0.3, -0.25) is 14.7 Å². The van der Waals surface area contributed by atoms with Gasteiger partial charge in [-0.25, -0.2) is 4.39 Å². The molecule has 1 saturated heterocycles. The predicted molar refractivity (Wildman–Crippen MR) is 154 cm³/mol. The molecule has 196 valence electrons. The van der Waals surface area contributed by atoms with E-state index >= 15 is 0 Å². The number of carbonyl (C=O) groups excluding carboxylic acids is 1. The zero-order valence-electron chi connectivity index (χ0n) is 21.4. The van der Waals surface area contributed by atoms with Gasteiger partial charge in [0.1, 0.15) is 12.4 Å². The molecule has 7 heteroatoms. The van der Waals surface area contributed by atoms with E-state index in [0.29, 0.717) is 34.7 Å². The van der Waals surface area contributed by atoms with Gasteiger partial charge in [0.2, 0.25) is 0 Å². The number of amides is 1. The summed E-state index contributed by atoms with van der Waals surface area (Å²) >= 11 is 1.37. The lowest BCUT2D eigenvalue weighted by Gasteiger charge is -2.15. The summed E-state index contributed by atoms with van der Waals surface area (Å²) < 4.78 is 24.9. The fourth-order valence-electron chi connectivity index (χ4n) is 4.11. The van der Waals surface area contributed by atoms with Crippen LogP contribution in [0.15, 0.2) is 113 Å². The van der Waals surface area contributed by atoms with Crippen LogP contribution in [0.1, 0.15) is 22.3 Å². The summed E-state index contributed by atoms with van der Waals surface area (Å²) in [5.74, 6) is 0.651. The SMILES string of the molecule is COc1cc(/C=C2/SC(=NCc3ccccc3)N(Cc3ccccc3)C2=O)ccc1OCc1cccc(F)c1. The van der Waals surface area contributed by atoms with Gasteiger partial charge >= 0.3 is 0 Å². The zero-order valence-corrected chi connectivity index (χ0v) is 22.2. The van der Waals surface area contributed by atoms with E-state index in [4.69, 9.17) is 14.5 Å². The number of benzene rings is 4. The highest BCUT2D eigenvalue weighted by Gasteiger charge is 2.33. The number of hydrogen-bond donors (Lipinski definition) is 0. The van der Waals surface area contributed by atoms with Crippen LogP contribution >= 0.6 is 11.8 Å². The summed E-state index contributed by atoms with van der Waals surface area (Å²) in [5, 5.41) is 0.668. The first-order valence-electron chi connectivity index (χ1n) is 12.5. The van der Waals surface area contributed by atoms with E-state index < -0.39 is 0 Å². The van der Waals surface area contributed by atoms with Crippen LogP contribution in [-0.4, -0.2) is 23.1 Å². The molecule has 1 fully saturated rings. The largest absolute Gasteiger partial charge is 0.493 e. The number of amidine groups is 1. The zero-order chi connectivity index (χ0) is 27.0. The molecule has 5 nitrogen and oxygen atoms in total. The molecule has 1 aliphatic heterocycles. The maximum absolute atomic E-state index is 13.5. The van der Waals surface area contributed by atoms with Crippen molar-refractivity contribution < 1.29 is 18.7 Å². The molecule has 0 aromatic heterocycles. The van der Waals surface area contributed by atoms with Crippen molar-refractivity contribution in [1.82, 2.24) is 4.90 Å². The first-order chi connectivity index (χ1) is 19.1. The van der Waals surface area contributed by atoms with Crippen LogP contribution in [-0.2, 0) is 24.5 Å². The average Bonchev–Trinajstić information content (AvgIpc) is 3.25. The topological polar surface area (TPSA) is 51.1 Å². The van der Waals surface area contributed by atoms with E-state index in [-0.39, 0.29) is 18.3 Å². The van der Waals surface area contributed by atoms with Crippen LogP contribution in [0.3, 0.4) is 0 Å². The summed E-state index contributed by atoms with van der Waals surface area (Å²) in [6, 6.07) is 31.6. The third-order valence-corrected chi connectivity index (χ3v) is 7.12. The fraction of sp³-hybridized carbons (Fsp3) is 0.125. The average molecular weight is 539 g/mol. The number of carbonyl (C=O) groups is 1. The molecule has 0 unspecified atom stereocenters. The van der Waals surface area contributed by atoms with Crippen LogP contribution in [0.25, 0.3) is 6.08 Å². The van der Waals surface area contributed by atoms with E-state index in [9.17, 15) is 9.18 Å². The van der Waals surface area contributed by atoms with Gasteiger partial charge in [0.25, 0.3) is 5.91 Å². The molecule has 0 atom stereocenters. The number of rotatable bonds is 9. The smallest absolute Gasteiger partial charge is 0.267 e. The Bertz CT molecular complexity index is 1510. The predicted octanol–water partition coefficient (Wildman–Crippen LogP) is 7.09. The summed E-state index contributed by atoms with van der Waals surface area (Å²) in [6.45, 7) is 1.13. The maximum Gasteiger partial charge on any atom is 0.267 e. The number of halogens is 1. The summed E-state index contributed by atoms with van der Waals surface area (Å²) in [5.41, 5.74) is 3.62. The van der Waals surface area contributed by atoms with Crippen molar-refractivity contribution in [3.63, 3.8) is 0 Å². The molecule has 1 heterocycles. The molecule has 4 aromatic rings. The number of thioether (sulfide) groups is 1. The van der Waals surface area contributed by atoms with E-state index in [1.165, 1.54) is 23.9 Å². The number of ether oxygens (including phenoxy) is 2. The number of nitrogens with zero attached hydrogens (tertiary/aromatic N) is 2. The molecule has 0 saturated carbocycles. The Morgan fingerprint density at radius 2 is 1.56 bits per heavy atom. The minimum Gasteiger partial charge on any atom is -0.493 e. The molecule has 39 heavy (non-hydrogen) atoms. The van der Waals surface area contributed by atoms with Crippen molar-refractivity contribution in [2.75, 3.05) is 7.11 Å². The quantitative estimate of drug-likeness (QED) is 0.214. The highest BCUT2D eigenvalue weighted by molar-refractivity contribution is 8.18. The van der Waals surface area contributed by atoms with Gasteiger partial charge in [-0.2, -0.15) is 0 Å². The van der Waals surface area contributed by atoms with E-state index in [1.807, 2.05) is 78.9 Å². The lowest BCUT2D eigenvalue weighted by Crippen LogP contribution is -2.28. The van der Waals surface area contributed by atoms with Gasteiger partial charge in [0, 0.05) is 0 Å². The third kappa shape index (κ3) is 6.75. The van der Waals surface area contributed by atoms with Gasteiger partial charge < -0.3 is 9.47 Å². The van der Waals surface area contributed by atoms with Gasteiger partial charge in [-0.15, -0.1) is 0 Å². The lowest BCUT2D eigenvalue weighted by molar-refractivity contribution is -0.122. The monoisotopic (exact) mass is 538 g/mol. The minimum atomic E-state index is -0.309. The Kier molecular flexibility index (Phi) is 8.39. The Morgan fingerprint density at radius 3 is 2.28 bits per heavy atom. The Labute approximate surface area is 231 Å². The fourth-order valence-corrected chi connectivity index (χ4v) is 5.08. The van der Waals surface area contributed by atoms with Crippen LogP contribution in [0.5, 0.6) is 11.5 Å². The lowest BCUT2D eigenvalue weighted by atomic mass is 10.1. The van der Waals surface area contributed by atoms with Crippen LogP contribution in [0.2, 0.25) is 0 Å². The first-order valence-corrected chi connectivity index (χ1v) is 13.3. The second-order valence-corrected chi connectivity index (χ2v) is 9.91. The minimum absolute atomic E-state index is 0.0962. The highest BCUT2D eigenvalue weighted by atomic mass is 32.2. The Hall–Kier alpha value is -4.36. The third-order valence-electron chi connectivity index (χ3n) is 6.08. The summed E-state index contributed by atoms with van der Waals surface area (Å²) in [4.78, 5) is 20.6. The molecular formula is C32H27FN2O3S. The highest BCUT2D eigenvalue weighted by Crippen LogP contribution is 2.36. The second kappa shape index (κ2) is 12.5. The molecule has 0 bridgehead atoms. The van der Waals surface area contributed by atoms with Gasteiger partial charge in [-0.05, 0) is 64.4 Å². The molecule has 0 aliphatic carbocycles.